The Morgan fingerprint density at radius 1 is 0.958 bits per heavy atom. The molecule has 6 rings (SSSR count). The van der Waals surface area contributed by atoms with Gasteiger partial charge in [0.2, 0.25) is 12.1 Å². The number of carbonyl (C=O) groups is 2. The largest absolute Gasteiger partial charge is 0.511 e. The second-order valence-electron chi connectivity index (χ2n) is 11.1. The molecule has 2 heterocycles. The number of para-hydroxylation sites is 1. The van der Waals surface area contributed by atoms with E-state index in [1.165, 1.54) is 6.92 Å². The molecule has 0 bridgehead atoms. The number of esters is 1. The highest BCUT2D eigenvalue weighted by Gasteiger charge is 2.25. The average molecular weight is 657 g/mol. The quantitative estimate of drug-likeness (QED) is 0.128. The Labute approximate surface area is 278 Å². The summed E-state index contributed by atoms with van der Waals surface area (Å²) in [6.07, 6.45) is 2.65. The second-order valence-corrected chi connectivity index (χ2v) is 11.1. The van der Waals surface area contributed by atoms with E-state index in [1.807, 2.05) is 66.1 Å². The van der Waals surface area contributed by atoms with Crippen molar-refractivity contribution in [3.63, 3.8) is 0 Å². The highest BCUT2D eigenvalue weighted by Crippen LogP contribution is 2.31. The lowest BCUT2D eigenvalue weighted by atomic mass is 9.98. The maximum absolute atomic E-state index is 13.4. The van der Waals surface area contributed by atoms with E-state index < -0.39 is 18.4 Å². The summed E-state index contributed by atoms with van der Waals surface area (Å²) in [7, 11) is 0. The molecule has 1 aliphatic rings. The van der Waals surface area contributed by atoms with Crippen LogP contribution >= 0.6 is 0 Å². The van der Waals surface area contributed by atoms with Crippen molar-refractivity contribution >= 4 is 23.2 Å². The van der Waals surface area contributed by atoms with Crippen molar-refractivity contribution in [1.82, 2.24) is 30.2 Å². The maximum Gasteiger partial charge on any atom is 0.511 e. The van der Waals surface area contributed by atoms with E-state index in [-0.39, 0.29) is 18.3 Å². The molecule has 0 saturated heterocycles. The molecule has 1 atom stereocenters. The molecule has 1 fully saturated rings. The number of carbonyl (C=O) groups excluding carboxylic acids is 2. The van der Waals surface area contributed by atoms with Gasteiger partial charge >= 0.3 is 12.1 Å². The third-order valence-electron chi connectivity index (χ3n) is 7.69. The Kier molecular flexibility index (Phi) is 11.7. The molecule has 13 nitrogen and oxygen atoms in total. The van der Waals surface area contributed by atoms with Gasteiger partial charge in [0.25, 0.3) is 6.01 Å². The standard InChI is InChI=1S/C33H34N6O6.C2H6O/c1-3-42-32-34-28-15-9-14-27(31(40)43-21(2)44-33(41)45-24-10-5-4-6-11-24)29(28)39(32)20-22-16-18-23(19-17-22)25-12-7-8-13-26(25)30-35-37-38-36-30;1-2-3/h7-9,12-19,21,24H,3-6,10-11,20H2,1-2H3,(H,35,36,37,38);3H,2H2,1H3. The number of imidazole rings is 1. The molecule has 1 aliphatic carbocycles. The van der Waals surface area contributed by atoms with Gasteiger partial charge in [0.15, 0.2) is 0 Å². The number of H-pyrrole nitrogens is 1. The zero-order valence-electron chi connectivity index (χ0n) is 27.3. The van der Waals surface area contributed by atoms with Crippen LogP contribution in [0.5, 0.6) is 6.01 Å². The van der Waals surface area contributed by atoms with E-state index >= 15 is 0 Å². The number of aromatic nitrogens is 6. The molecule has 3 aromatic carbocycles. The van der Waals surface area contributed by atoms with E-state index in [4.69, 9.17) is 24.1 Å². The lowest BCUT2D eigenvalue weighted by Crippen LogP contribution is -2.26. The molecule has 48 heavy (non-hydrogen) atoms. The number of hydrogen-bond donors (Lipinski definition) is 2. The van der Waals surface area contributed by atoms with E-state index in [2.05, 4.69) is 25.6 Å². The van der Waals surface area contributed by atoms with Gasteiger partial charge in [0, 0.05) is 19.1 Å². The fourth-order valence-electron chi connectivity index (χ4n) is 5.61. The zero-order chi connectivity index (χ0) is 33.9. The number of benzene rings is 3. The Bertz CT molecular complexity index is 1780. The van der Waals surface area contributed by atoms with Gasteiger partial charge in [-0.2, -0.15) is 10.2 Å². The van der Waals surface area contributed by atoms with Crippen molar-refractivity contribution in [3.05, 3.63) is 77.9 Å². The van der Waals surface area contributed by atoms with Gasteiger partial charge in [-0.25, -0.2) is 9.59 Å². The van der Waals surface area contributed by atoms with Crippen LogP contribution in [0.4, 0.5) is 4.79 Å². The van der Waals surface area contributed by atoms with Crippen LogP contribution in [0.15, 0.2) is 66.7 Å². The lowest BCUT2D eigenvalue weighted by molar-refractivity contribution is -0.0914. The predicted molar refractivity (Wildman–Crippen MR) is 177 cm³/mol. The van der Waals surface area contributed by atoms with Crippen LogP contribution in [0.1, 0.15) is 68.8 Å². The number of tetrazole rings is 1. The number of fused-ring (bicyclic) bond motifs is 1. The number of hydrogen-bond acceptors (Lipinski definition) is 11. The monoisotopic (exact) mass is 656 g/mol. The first-order valence-electron chi connectivity index (χ1n) is 16.1. The fourth-order valence-corrected chi connectivity index (χ4v) is 5.61. The minimum atomic E-state index is -1.14. The fraction of sp³-hybridized carbons (Fsp3) is 0.371. The molecule has 1 saturated carbocycles. The van der Waals surface area contributed by atoms with Crippen molar-refractivity contribution in [2.75, 3.05) is 13.2 Å². The summed E-state index contributed by atoms with van der Waals surface area (Å²) in [5.41, 5.74) is 5.17. The highest BCUT2D eigenvalue weighted by atomic mass is 16.8. The molecule has 2 N–H and O–H groups in total. The van der Waals surface area contributed by atoms with Gasteiger partial charge in [-0.05, 0) is 73.6 Å². The highest BCUT2D eigenvalue weighted by molar-refractivity contribution is 6.02. The second kappa shape index (κ2) is 16.5. The number of rotatable bonds is 10. The van der Waals surface area contributed by atoms with Gasteiger partial charge in [-0.3, -0.25) is 4.57 Å². The summed E-state index contributed by atoms with van der Waals surface area (Å²) in [5, 5.41) is 22.0. The van der Waals surface area contributed by atoms with E-state index in [1.54, 1.807) is 19.1 Å². The van der Waals surface area contributed by atoms with Gasteiger partial charge < -0.3 is 24.1 Å². The van der Waals surface area contributed by atoms with Crippen LogP contribution in [0.2, 0.25) is 0 Å². The molecular weight excluding hydrogens is 616 g/mol. The van der Waals surface area contributed by atoms with E-state index in [9.17, 15) is 9.59 Å². The minimum absolute atomic E-state index is 0.163. The Balaban J connectivity index is 0.00000145. The molecule has 0 radical (unpaired) electrons. The third kappa shape index (κ3) is 8.34. The Morgan fingerprint density at radius 3 is 2.38 bits per heavy atom. The Hall–Kier alpha value is -5.30. The number of aliphatic hydroxyl groups is 1. The summed E-state index contributed by atoms with van der Waals surface area (Å²) in [6.45, 7) is 6.06. The average Bonchev–Trinajstić information content (AvgIpc) is 3.75. The van der Waals surface area contributed by atoms with Crippen LogP contribution in [0.25, 0.3) is 33.5 Å². The maximum atomic E-state index is 13.4. The van der Waals surface area contributed by atoms with Gasteiger partial charge in [0.05, 0.1) is 29.7 Å². The first-order chi connectivity index (χ1) is 23.4. The topological polar surface area (TPSA) is 164 Å². The molecule has 0 spiro atoms. The summed E-state index contributed by atoms with van der Waals surface area (Å²) < 4.78 is 23.9. The molecule has 2 aromatic heterocycles. The summed E-state index contributed by atoms with van der Waals surface area (Å²) in [4.78, 5) is 30.3. The SMILES string of the molecule is CCO.CCOc1nc2cccc(C(=O)OC(C)OC(=O)OC3CCCCC3)c2n1Cc1ccc(-c2ccccc2-c2nn[nH]n2)cc1. The lowest BCUT2D eigenvalue weighted by Gasteiger charge is -2.22. The molecule has 1 unspecified atom stereocenters. The van der Waals surface area contributed by atoms with Crippen molar-refractivity contribution in [3.8, 4) is 28.5 Å². The van der Waals surface area contributed by atoms with Crippen LogP contribution in [-0.2, 0) is 20.8 Å². The Morgan fingerprint density at radius 2 is 1.69 bits per heavy atom. The number of aliphatic hydroxyl groups excluding tert-OH is 1. The first-order valence-corrected chi connectivity index (χ1v) is 16.1. The van der Waals surface area contributed by atoms with Crippen LogP contribution in [0, 0.1) is 0 Å². The summed E-state index contributed by atoms with van der Waals surface area (Å²) in [6, 6.07) is 21.5. The number of nitrogens with zero attached hydrogens (tertiary/aromatic N) is 5. The van der Waals surface area contributed by atoms with Gasteiger partial charge in [-0.15, -0.1) is 10.2 Å². The normalized spacial score (nSPS) is 13.7. The molecule has 13 heteroatoms. The molecule has 0 aliphatic heterocycles. The molecular formula is C35H40N6O7. The third-order valence-corrected chi connectivity index (χ3v) is 7.69. The molecule has 0 amide bonds. The number of nitrogens with one attached hydrogen (secondary N) is 1. The van der Waals surface area contributed by atoms with E-state index in [0.717, 1.165) is 54.4 Å². The molecule has 5 aromatic rings. The number of ether oxygens (including phenoxy) is 4. The predicted octanol–water partition coefficient (Wildman–Crippen LogP) is 6.32. The zero-order valence-corrected chi connectivity index (χ0v) is 27.3. The van der Waals surface area contributed by atoms with Crippen molar-refractivity contribution in [2.45, 2.75) is 71.8 Å². The summed E-state index contributed by atoms with van der Waals surface area (Å²) in [5.74, 6) is -0.141. The van der Waals surface area contributed by atoms with Crippen LogP contribution < -0.4 is 4.74 Å². The first kappa shape index (κ1) is 34.0. The number of aromatic amines is 1. The van der Waals surface area contributed by atoms with Crippen LogP contribution in [-0.4, -0.2) is 73.0 Å². The van der Waals surface area contributed by atoms with Gasteiger partial charge in [0.1, 0.15) is 6.10 Å². The van der Waals surface area contributed by atoms with Crippen molar-refractivity contribution in [2.24, 2.45) is 0 Å². The van der Waals surface area contributed by atoms with Crippen LogP contribution in [0.3, 0.4) is 0 Å². The minimum Gasteiger partial charge on any atom is -0.465 e. The van der Waals surface area contributed by atoms with E-state index in [0.29, 0.717) is 36.0 Å². The van der Waals surface area contributed by atoms with Crippen molar-refractivity contribution < 1.29 is 33.6 Å². The van der Waals surface area contributed by atoms with Gasteiger partial charge in [-0.1, -0.05) is 61.0 Å². The summed E-state index contributed by atoms with van der Waals surface area (Å²) >= 11 is 0. The molecule has 252 valence electrons. The van der Waals surface area contributed by atoms with Crippen molar-refractivity contribution in [1.29, 1.82) is 0 Å². The smallest absolute Gasteiger partial charge is 0.465 e.